The highest BCUT2D eigenvalue weighted by atomic mass is 32.2. The summed E-state index contributed by atoms with van der Waals surface area (Å²) in [5, 5.41) is 11.3. The fourth-order valence-corrected chi connectivity index (χ4v) is 3.78. The first-order chi connectivity index (χ1) is 15.4. The number of nitrogens with zero attached hydrogens (tertiary/aromatic N) is 3. The topological polar surface area (TPSA) is 88.3 Å². The number of para-hydroxylation sites is 1. The number of carbonyl (C=O) groups is 2. The van der Waals surface area contributed by atoms with Gasteiger partial charge in [-0.2, -0.15) is 0 Å². The smallest absolute Gasteiger partial charge is 0.277 e. The first kappa shape index (κ1) is 23.5. The van der Waals surface area contributed by atoms with Gasteiger partial charge in [0.2, 0.25) is 17.7 Å². The van der Waals surface area contributed by atoms with Crippen LogP contribution < -0.4 is 5.32 Å². The molecule has 0 aliphatic carbocycles. The largest absolute Gasteiger partial charge is 0.411 e. The minimum atomic E-state index is -0.221. The van der Waals surface area contributed by atoms with Crippen LogP contribution >= 0.6 is 11.8 Å². The number of amides is 2. The number of nitrogens with one attached hydrogen (secondary N) is 1. The molecule has 0 unspecified atom stereocenters. The van der Waals surface area contributed by atoms with E-state index in [0.717, 1.165) is 28.8 Å². The van der Waals surface area contributed by atoms with Gasteiger partial charge in [0.05, 0.1) is 12.3 Å². The number of thioether (sulfide) groups is 1. The van der Waals surface area contributed by atoms with E-state index in [2.05, 4.69) is 15.5 Å². The third-order valence-corrected chi connectivity index (χ3v) is 5.88. The Labute approximate surface area is 192 Å². The highest BCUT2D eigenvalue weighted by Gasteiger charge is 2.19. The Morgan fingerprint density at radius 2 is 1.81 bits per heavy atom. The molecular formula is C24H28N4O3S. The SMILES string of the molecule is CCCN(CC(=O)Nc1ccccc1C)C(=O)CSc1nnc(-c2ccc(C)c(C)c2)o1. The van der Waals surface area contributed by atoms with Crippen molar-refractivity contribution in [2.45, 2.75) is 39.3 Å². The van der Waals surface area contributed by atoms with E-state index in [1.54, 1.807) is 4.90 Å². The molecule has 0 radical (unpaired) electrons. The van der Waals surface area contributed by atoms with Gasteiger partial charge in [-0.25, -0.2) is 0 Å². The Bertz CT molecular complexity index is 1100. The predicted octanol–water partition coefficient (Wildman–Crippen LogP) is 4.63. The molecule has 0 fully saturated rings. The third-order valence-electron chi connectivity index (χ3n) is 5.08. The van der Waals surface area contributed by atoms with E-state index in [-0.39, 0.29) is 24.1 Å². The van der Waals surface area contributed by atoms with Crippen molar-refractivity contribution in [2.24, 2.45) is 0 Å². The molecule has 0 saturated heterocycles. The summed E-state index contributed by atoms with van der Waals surface area (Å²) in [5.41, 5.74) is 4.90. The van der Waals surface area contributed by atoms with Crippen LogP contribution in [-0.2, 0) is 9.59 Å². The van der Waals surface area contributed by atoms with Crippen molar-refractivity contribution < 1.29 is 14.0 Å². The highest BCUT2D eigenvalue weighted by molar-refractivity contribution is 7.99. The Balaban J connectivity index is 1.58. The van der Waals surface area contributed by atoms with Crippen LogP contribution in [0.4, 0.5) is 5.69 Å². The van der Waals surface area contributed by atoms with E-state index in [4.69, 9.17) is 4.42 Å². The lowest BCUT2D eigenvalue weighted by atomic mass is 10.1. The number of hydrogen-bond donors (Lipinski definition) is 1. The van der Waals surface area contributed by atoms with Gasteiger partial charge in [0.15, 0.2) is 0 Å². The van der Waals surface area contributed by atoms with Gasteiger partial charge in [0.25, 0.3) is 5.22 Å². The van der Waals surface area contributed by atoms with Gasteiger partial charge in [0.1, 0.15) is 0 Å². The van der Waals surface area contributed by atoms with Gasteiger partial charge in [-0.15, -0.1) is 10.2 Å². The fourth-order valence-electron chi connectivity index (χ4n) is 3.11. The molecule has 0 bridgehead atoms. The van der Waals surface area contributed by atoms with Gasteiger partial charge in [-0.1, -0.05) is 43.0 Å². The monoisotopic (exact) mass is 452 g/mol. The molecule has 1 N–H and O–H groups in total. The van der Waals surface area contributed by atoms with E-state index >= 15 is 0 Å². The molecule has 0 aliphatic heterocycles. The molecule has 3 aromatic rings. The van der Waals surface area contributed by atoms with Crippen molar-refractivity contribution in [1.29, 1.82) is 0 Å². The lowest BCUT2D eigenvalue weighted by molar-refractivity contribution is -0.132. The number of anilines is 1. The lowest BCUT2D eigenvalue weighted by Crippen LogP contribution is -2.39. The van der Waals surface area contributed by atoms with Crippen LogP contribution in [0, 0.1) is 20.8 Å². The van der Waals surface area contributed by atoms with E-state index in [1.807, 2.05) is 70.2 Å². The summed E-state index contributed by atoms with van der Waals surface area (Å²) in [6.07, 6.45) is 0.755. The van der Waals surface area contributed by atoms with Gasteiger partial charge in [0, 0.05) is 17.8 Å². The second-order valence-corrected chi connectivity index (χ2v) is 8.57. The minimum absolute atomic E-state index is 0.000700. The van der Waals surface area contributed by atoms with Crippen LogP contribution in [0.15, 0.2) is 52.1 Å². The predicted molar refractivity (Wildman–Crippen MR) is 127 cm³/mol. The zero-order valence-electron chi connectivity index (χ0n) is 18.8. The molecule has 0 atom stereocenters. The van der Waals surface area contributed by atoms with Crippen molar-refractivity contribution in [3.8, 4) is 11.5 Å². The van der Waals surface area contributed by atoms with E-state index in [9.17, 15) is 9.59 Å². The number of rotatable bonds is 9. The summed E-state index contributed by atoms with van der Waals surface area (Å²) < 4.78 is 5.72. The van der Waals surface area contributed by atoms with Gasteiger partial charge < -0.3 is 14.6 Å². The fraction of sp³-hybridized carbons (Fsp3) is 0.333. The molecule has 8 heteroatoms. The molecule has 2 aromatic carbocycles. The average Bonchev–Trinajstić information content (AvgIpc) is 3.24. The van der Waals surface area contributed by atoms with Crippen LogP contribution in [-0.4, -0.2) is 45.8 Å². The Morgan fingerprint density at radius 1 is 1.03 bits per heavy atom. The van der Waals surface area contributed by atoms with E-state index < -0.39 is 0 Å². The van der Waals surface area contributed by atoms with Crippen molar-refractivity contribution in [1.82, 2.24) is 15.1 Å². The Kier molecular flexibility index (Phi) is 8.05. The van der Waals surface area contributed by atoms with Crippen molar-refractivity contribution in [3.63, 3.8) is 0 Å². The Hall–Kier alpha value is -3.13. The number of aryl methyl sites for hydroxylation is 3. The highest BCUT2D eigenvalue weighted by Crippen LogP contribution is 2.25. The maximum Gasteiger partial charge on any atom is 0.277 e. The molecule has 7 nitrogen and oxygen atoms in total. The normalized spacial score (nSPS) is 10.8. The van der Waals surface area contributed by atoms with Crippen molar-refractivity contribution >= 4 is 29.3 Å². The molecule has 1 heterocycles. The number of carbonyl (C=O) groups excluding carboxylic acids is 2. The maximum atomic E-state index is 12.8. The first-order valence-corrected chi connectivity index (χ1v) is 11.5. The van der Waals surface area contributed by atoms with E-state index in [1.165, 1.54) is 17.3 Å². The quantitative estimate of drug-likeness (QED) is 0.476. The molecule has 1 aromatic heterocycles. The van der Waals surface area contributed by atoms with Crippen LogP contribution in [0.25, 0.3) is 11.5 Å². The van der Waals surface area contributed by atoms with Crippen LogP contribution in [0.3, 0.4) is 0 Å². The molecule has 2 amide bonds. The average molecular weight is 453 g/mol. The molecule has 0 aliphatic rings. The molecule has 32 heavy (non-hydrogen) atoms. The van der Waals surface area contributed by atoms with Crippen molar-refractivity contribution in [3.05, 3.63) is 59.2 Å². The van der Waals surface area contributed by atoms with E-state index in [0.29, 0.717) is 17.7 Å². The van der Waals surface area contributed by atoms with Gasteiger partial charge in [-0.3, -0.25) is 9.59 Å². The summed E-state index contributed by atoms with van der Waals surface area (Å²) >= 11 is 1.18. The zero-order valence-corrected chi connectivity index (χ0v) is 19.7. The summed E-state index contributed by atoms with van der Waals surface area (Å²) in [7, 11) is 0. The molecular weight excluding hydrogens is 424 g/mol. The summed E-state index contributed by atoms with van der Waals surface area (Å²) in [6.45, 7) is 8.47. The summed E-state index contributed by atoms with van der Waals surface area (Å²) in [4.78, 5) is 26.8. The number of hydrogen-bond acceptors (Lipinski definition) is 6. The second kappa shape index (κ2) is 10.9. The lowest BCUT2D eigenvalue weighted by Gasteiger charge is -2.21. The van der Waals surface area contributed by atoms with Crippen LogP contribution in [0.2, 0.25) is 0 Å². The minimum Gasteiger partial charge on any atom is -0.411 e. The number of benzene rings is 2. The summed E-state index contributed by atoms with van der Waals surface area (Å²) in [6, 6.07) is 13.5. The second-order valence-electron chi connectivity index (χ2n) is 7.64. The van der Waals surface area contributed by atoms with Crippen molar-refractivity contribution in [2.75, 3.05) is 24.2 Å². The molecule has 0 saturated carbocycles. The third kappa shape index (κ3) is 6.20. The zero-order chi connectivity index (χ0) is 23.1. The Morgan fingerprint density at radius 3 is 2.53 bits per heavy atom. The summed E-state index contributed by atoms with van der Waals surface area (Å²) in [5.74, 6) is 0.168. The van der Waals surface area contributed by atoms with Gasteiger partial charge in [-0.05, 0) is 62.1 Å². The molecule has 3 rings (SSSR count). The first-order valence-electron chi connectivity index (χ1n) is 10.5. The van der Waals surface area contributed by atoms with Crippen LogP contribution in [0.5, 0.6) is 0 Å². The number of aromatic nitrogens is 2. The standard InChI is InChI=1S/C24H28N4O3S/c1-5-12-28(14-21(29)25-20-9-7-6-8-17(20)3)22(30)15-32-24-27-26-23(31-24)19-11-10-16(2)18(4)13-19/h6-11,13H,5,12,14-15H2,1-4H3,(H,25,29). The van der Waals surface area contributed by atoms with Crippen LogP contribution in [0.1, 0.15) is 30.0 Å². The molecule has 0 spiro atoms. The maximum absolute atomic E-state index is 12.8. The van der Waals surface area contributed by atoms with Gasteiger partial charge >= 0.3 is 0 Å². The molecule has 168 valence electrons.